The number of methoxy groups -OCH3 is 2. The van der Waals surface area contributed by atoms with E-state index in [-0.39, 0.29) is 0 Å². The monoisotopic (exact) mass is 620 g/mol. The van der Waals surface area contributed by atoms with Gasteiger partial charge in [0.05, 0.1) is 37.6 Å². The van der Waals surface area contributed by atoms with E-state index in [1.165, 1.54) is 4.70 Å². The van der Waals surface area contributed by atoms with Crippen LogP contribution in [0.5, 0.6) is 23.0 Å². The van der Waals surface area contributed by atoms with Crippen LogP contribution in [0.2, 0.25) is 0 Å². The van der Waals surface area contributed by atoms with Crippen molar-refractivity contribution in [2.24, 2.45) is 0 Å². The number of unbranched alkanes of at least 4 members (excludes halogenated alkanes) is 2. The van der Waals surface area contributed by atoms with E-state index in [1.54, 1.807) is 25.6 Å². The summed E-state index contributed by atoms with van der Waals surface area (Å²) in [5, 5.41) is 5.32. The average molecular weight is 621 g/mol. The van der Waals surface area contributed by atoms with E-state index in [0.29, 0.717) is 30.5 Å². The Kier molecular flexibility index (Phi) is 9.31. The SMILES string of the molecule is COc1ccc(-c2cc(-c3cc(C)c(C)c(OC)c3)no2)cc1OCCCCCOc1cccc(-c2nc3ccccc3s2)c1. The zero-order chi connectivity index (χ0) is 31.2. The Morgan fingerprint density at radius 2 is 1.49 bits per heavy atom. The molecule has 0 fully saturated rings. The first kappa shape index (κ1) is 30.2. The van der Waals surface area contributed by atoms with Gasteiger partial charge in [-0.05, 0) is 98.8 Å². The summed E-state index contributed by atoms with van der Waals surface area (Å²) < 4.78 is 30.2. The summed E-state index contributed by atoms with van der Waals surface area (Å²) in [6.45, 7) is 5.32. The molecule has 0 aliphatic heterocycles. The molecule has 8 heteroatoms. The molecule has 0 radical (unpaired) electrons. The summed E-state index contributed by atoms with van der Waals surface area (Å²) in [6.07, 6.45) is 2.80. The van der Waals surface area contributed by atoms with Crippen molar-refractivity contribution in [3.63, 3.8) is 0 Å². The molecule has 0 N–H and O–H groups in total. The van der Waals surface area contributed by atoms with Gasteiger partial charge in [0.15, 0.2) is 17.3 Å². The minimum Gasteiger partial charge on any atom is -0.496 e. The van der Waals surface area contributed by atoms with Crippen LogP contribution in [0, 0.1) is 13.8 Å². The van der Waals surface area contributed by atoms with Gasteiger partial charge in [0, 0.05) is 22.8 Å². The maximum absolute atomic E-state index is 6.15. The minimum absolute atomic E-state index is 0.566. The molecule has 0 bridgehead atoms. The lowest BCUT2D eigenvalue weighted by molar-refractivity contribution is 0.270. The quantitative estimate of drug-likeness (QED) is 0.119. The second-order valence-electron chi connectivity index (χ2n) is 10.8. The number of benzene rings is 4. The molecule has 4 aromatic carbocycles. The highest BCUT2D eigenvalue weighted by atomic mass is 32.1. The van der Waals surface area contributed by atoms with Gasteiger partial charge in [0.25, 0.3) is 0 Å². The van der Waals surface area contributed by atoms with Crippen LogP contribution in [-0.4, -0.2) is 37.6 Å². The van der Waals surface area contributed by atoms with Crippen LogP contribution in [0.4, 0.5) is 0 Å². The zero-order valence-electron chi connectivity index (χ0n) is 26.0. The first-order valence-corrected chi connectivity index (χ1v) is 15.9. The molecule has 6 rings (SSSR count). The Balaban J connectivity index is 1.00. The number of aryl methyl sites for hydroxylation is 1. The molecule has 0 saturated carbocycles. The van der Waals surface area contributed by atoms with Gasteiger partial charge in [0.1, 0.15) is 22.2 Å². The molecule has 0 spiro atoms. The smallest absolute Gasteiger partial charge is 0.167 e. The lowest BCUT2D eigenvalue weighted by Gasteiger charge is -2.12. The van der Waals surface area contributed by atoms with Crippen molar-refractivity contribution < 1.29 is 23.5 Å². The van der Waals surface area contributed by atoms with Crippen molar-refractivity contribution in [3.8, 4) is 56.2 Å². The van der Waals surface area contributed by atoms with Crippen LogP contribution in [0.3, 0.4) is 0 Å². The van der Waals surface area contributed by atoms with E-state index in [2.05, 4.69) is 36.3 Å². The third-order valence-electron chi connectivity index (χ3n) is 7.78. The summed E-state index contributed by atoms with van der Waals surface area (Å²) >= 11 is 1.70. The van der Waals surface area contributed by atoms with Gasteiger partial charge in [-0.3, -0.25) is 0 Å². The second kappa shape index (κ2) is 13.9. The number of nitrogens with zero attached hydrogens (tertiary/aromatic N) is 2. The Morgan fingerprint density at radius 3 is 2.31 bits per heavy atom. The van der Waals surface area contributed by atoms with Crippen LogP contribution in [-0.2, 0) is 0 Å². The molecule has 2 heterocycles. The minimum atomic E-state index is 0.566. The van der Waals surface area contributed by atoms with Crippen LogP contribution in [0.1, 0.15) is 30.4 Å². The molecular weight excluding hydrogens is 584 g/mol. The van der Waals surface area contributed by atoms with E-state index in [0.717, 1.165) is 74.8 Å². The van der Waals surface area contributed by atoms with Crippen LogP contribution in [0.25, 0.3) is 43.4 Å². The number of aromatic nitrogens is 2. The number of rotatable bonds is 13. The highest BCUT2D eigenvalue weighted by Gasteiger charge is 2.15. The van der Waals surface area contributed by atoms with Crippen LogP contribution in [0.15, 0.2) is 89.5 Å². The van der Waals surface area contributed by atoms with E-state index < -0.39 is 0 Å². The van der Waals surface area contributed by atoms with E-state index in [9.17, 15) is 0 Å². The van der Waals surface area contributed by atoms with Crippen LogP contribution >= 0.6 is 11.3 Å². The van der Waals surface area contributed by atoms with Gasteiger partial charge in [-0.1, -0.05) is 29.4 Å². The zero-order valence-corrected chi connectivity index (χ0v) is 26.8. The van der Waals surface area contributed by atoms with Crippen molar-refractivity contribution in [1.29, 1.82) is 0 Å². The molecule has 0 atom stereocenters. The van der Waals surface area contributed by atoms with E-state index in [1.807, 2.05) is 67.6 Å². The van der Waals surface area contributed by atoms with Crippen molar-refractivity contribution in [2.45, 2.75) is 33.1 Å². The number of para-hydroxylation sites is 1. The molecule has 6 aromatic rings. The first-order chi connectivity index (χ1) is 22.0. The molecule has 230 valence electrons. The molecule has 0 saturated heterocycles. The number of fused-ring (bicyclic) bond motifs is 1. The normalized spacial score (nSPS) is 11.1. The second-order valence-corrected chi connectivity index (χ2v) is 11.9. The van der Waals surface area contributed by atoms with Gasteiger partial charge >= 0.3 is 0 Å². The third kappa shape index (κ3) is 6.97. The van der Waals surface area contributed by atoms with Crippen LogP contribution < -0.4 is 18.9 Å². The number of hydrogen-bond donors (Lipinski definition) is 0. The van der Waals surface area contributed by atoms with Gasteiger partial charge in [0.2, 0.25) is 0 Å². The molecule has 0 unspecified atom stereocenters. The molecule has 2 aromatic heterocycles. The Hall–Kier alpha value is -4.82. The van der Waals surface area contributed by atoms with Crippen molar-refractivity contribution >= 4 is 21.6 Å². The fourth-order valence-electron chi connectivity index (χ4n) is 5.14. The average Bonchev–Trinajstić information content (AvgIpc) is 3.74. The summed E-state index contributed by atoms with van der Waals surface area (Å²) in [7, 11) is 3.32. The highest BCUT2D eigenvalue weighted by molar-refractivity contribution is 7.21. The van der Waals surface area contributed by atoms with Gasteiger partial charge in [-0.25, -0.2) is 4.98 Å². The summed E-state index contributed by atoms with van der Waals surface area (Å²) in [5.74, 6) is 3.68. The summed E-state index contributed by atoms with van der Waals surface area (Å²) in [5.41, 5.74) is 6.90. The predicted molar refractivity (Wildman–Crippen MR) is 180 cm³/mol. The highest BCUT2D eigenvalue weighted by Crippen LogP contribution is 2.36. The summed E-state index contributed by atoms with van der Waals surface area (Å²) in [6, 6.07) is 28.2. The molecule has 0 amide bonds. The van der Waals surface area contributed by atoms with Crippen molar-refractivity contribution in [2.75, 3.05) is 27.4 Å². The van der Waals surface area contributed by atoms with E-state index in [4.69, 9.17) is 28.5 Å². The maximum atomic E-state index is 6.15. The van der Waals surface area contributed by atoms with Gasteiger partial charge in [-0.2, -0.15) is 0 Å². The fourth-order valence-corrected chi connectivity index (χ4v) is 6.11. The Labute approximate surface area is 267 Å². The van der Waals surface area contributed by atoms with Crippen molar-refractivity contribution in [1.82, 2.24) is 10.1 Å². The number of ether oxygens (including phenoxy) is 4. The number of hydrogen-bond acceptors (Lipinski definition) is 8. The lowest BCUT2D eigenvalue weighted by atomic mass is 10.0. The molecular formula is C37H36N2O5S. The maximum Gasteiger partial charge on any atom is 0.167 e. The number of thiazole rings is 1. The largest absolute Gasteiger partial charge is 0.496 e. The van der Waals surface area contributed by atoms with E-state index >= 15 is 0 Å². The molecule has 45 heavy (non-hydrogen) atoms. The van der Waals surface area contributed by atoms with Gasteiger partial charge in [-0.15, -0.1) is 11.3 Å². The van der Waals surface area contributed by atoms with Gasteiger partial charge < -0.3 is 23.5 Å². The molecule has 7 nitrogen and oxygen atoms in total. The molecule has 0 aliphatic carbocycles. The first-order valence-electron chi connectivity index (χ1n) is 15.0. The molecule has 0 aliphatic rings. The summed E-state index contributed by atoms with van der Waals surface area (Å²) in [4.78, 5) is 4.77. The Morgan fingerprint density at radius 1 is 0.689 bits per heavy atom. The Bertz CT molecular complexity index is 1880. The predicted octanol–water partition coefficient (Wildman–Crippen LogP) is 9.55. The lowest BCUT2D eigenvalue weighted by Crippen LogP contribution is -2.02. The van der Waals surface area contributed by atoms with Crippen molar-refractivity contribution in [3.05, 3.63) is 96.1 Å². The standard InChI is InChI=1S/C37H36N2O5S/c1-24-19-28(22-33(41-4)25(24)2)31-23-34(44-39-31)26-15-16-32(40-3)35(21-26)43-18-9-5-8-17-42-29-12-10-11-27(20-29)37-38-30-13-6-7-14-36(30)45-37/h6-7,10-16,19-23H,5,8-9,17-18H2,1-4H3. The topological polar surface area (TPSA) is 75.8 Å². The third-order valence-corrected chi connectivity index (χ3v) is 8.87. The fraction of sp³-hybridized carbons (Fsp3) is 0.243.